The van der Waals surface area contributed by atoms with Crippen molar-refractivity contribution in [3.63, 3.8) is 0 Å². The molecule has 16 heavy (non-hydrogen) atoms. The molecule has 2 unspecified atom stereocenters. The third kappa shape index (κ3) is 2.13. The number of benzene rings is 1. The normalized spacial score (nSPS) is 24.4. The first-order valence-electron chi connectivity index (χ1n) is 5.35. The average Bonchev–Trinajstić information content (AvgIpc) is 2.75. The van der Waals surface area contributed by atoms with Gasteiger partial charge in [-0.2, -0.15) is 0 Å². The highest BCUT2D eigenvalue weighted by molar-refractivity contribution is 5.43. The molecule has 2 atom stereocenters. The van der Waals surface area contributed by atoms with Crippen LogP contribution >= 0.6 is 0 Å². The molecule has 1 fully saturated rings. The molecule has 0 aliphatic carbocycles. The zero-order valence-corrected chi connectivity index (χ0v) is 9.82. The topological polar surface area (TPSA) is 39.7 Å². The van der Waals surface area contributed by atoms with Gasteiger partial charge in [0.25, 0.3) is 0 Å². The van der Waals surface area contributed by atoms with Crippen molar-refractivity contribution < 1.29 is 14.2 Å². The quantitative estimate of drug-likeness (QED) is 0.846. The Kier molecular flexibility index (Phi) is 3.31. The second-order valence-electron chi connectivity index (χ2n) is 3.79. The maximum absolute atomic E-state index is 5.71. The zero-order valence-electron chi connectivity index (χ0n) is 9.82. The fourth-order valence-corrected chi connectivity index (χ4v) is 1.87. The van der Waals surface area contributed by atoms with Gasteiger partial charge in [-0.3, -0.25) is 5.32 Å². The Morgan fingerprint density at radius 1 is 1.25 bits per heavy atom. The predicted molar refractivity (Wildman–Crippen MR) is 60.8 cm³/mol. The van der Waals surface area contributed by atoms with Gasteiger partial charge >= 0.3 is 0 Å². The third-order valence-electron chi connectivity index (χ3n) is 2.74. The summed E-state index contributed by atoms with van der Waals surface area (Å²) in [5.74, 6) is 1.48. The van der Waals surface area contributed by atoms with Crippen LogP contribution in [0.2, 0.25) is 0 Å². The summed E-state index contributed by atoms with van der Waals surface area (Å²) in [6.45, 7) is 2.83. The minimum Gasteiger partial charge on any atom is -0.493 e. The molecule has 0 bridgehead atoms. The largest absolute Gasteiger partial charge is 0.493 e. The van der Waals surface area contributed by atoms with Crippen LogP contribution in [0, 0.1) is 0 Å². The summed E-state index contributed by atoms with van der Waals surface area (Å²) < 4.78 is 16.2. The molecule has 1 N–H and O–H groups in total. The second-order valence-corrected chi connectivity index (χ2v) is 3.79. The molecule has 4 heteroatoms. The maximum atomic E-state index is 5.71. The van der Waals surface area contributed by atoms with E-state index in [0.29, 0.717) is 0 Å². The van der Waals surface area contributed by atoms with Gasteiger partial charge in [0.15, 0.2) is 11.5 Å². The van der Waals surface area contributed by atoms with Crippen LogP contribution in [0.3, 0.4) is 0 Å². The fourth-order valence-electron chi connectivity index (χ4n) is 1.87. The summed E-state index contributed by atoms with van der Waals surface area (Å²) in [5.41, 5.74) is 1.11. The minimum atomic E-state index is 0.0924. The van der Waals surface area contributed by atoms with Gasteiger partial charge < -0.3 is 14.2 Å². The van der Waals surface area contributed by atoms with E-state index in [1.165, 1.54) is 0 Å². The predicted octanol–water partition coefficient (Wildman–Crippen LogP) is 1.71. The first kappa shape index (κ1) is 11.2. The van der Waals surface area contributed by atoms with Crippen molar-refractivity contribution in [3.8, 4) is 11.5 Å². The first-order chi connectivity index (χ1) is 7.74. The molecule has 1 aliphatic rings. The summed E-state index contributed by atoms with van der Waals surface area (Å²) >= 11 is 0. The Labute approximate surface area is 95.5 Å². The van der Waals surface area contributed by atoms with Gasteiger partial charge in [0.1, 0.15) is 6.23 Å². The van der Waals surface area contributed by atoms with Crippen LogP contribution in [-0.4, -0.2) is 27.0 Å². The lowest BCUT2D eigenvalue weighted by atomic mass is 10.1. The minimum absolute atomic E-state index is 0.0924. The average molecular weight is 223 g/mol. The van der Waals surface area contributed by atoms with Crippen molar-refractivity contribution in [1.82, 2.24) is 5.32 Å². The van der Waals surface area contributed by atoms with Crippen molar-refractivity contribution in [1.29, 1.82) is 0 Å². The number of rotatable bonds is 3. The smallest absolute Gasteiger partial charge is 0.161 e. The summed E-state index contributed by atoms with van der Waals surface area (Å²) in [5, 5.41) is 3.24. The van der Waals surface area contributed by atoms with Crippen LogP contribution in [-0.2, 0) is 4.74 Å². The molecule has 0 amide bonds. The lowest BCUT2D eigenvalue weighted by molar-refractivity contribution is 0.0528. The summed E-state index contributed by atoms with van der Waals surface area (Å²) in [6, 6.07) is 5.87. The van der Waals surface area contributed by atoms with Gasteiger partial charge in [-0.25, -0.2) is 0 Å². The SMILES string of the molecule is COc1ccc(C2CNC(C)O2)cc1OC. The van der Waals surface area contributed by atoms with Crippen molar-refractivity contribution in [2.75, 3.05) is 20.8 Å². The van der Waals surface area contributed by atoms with Crippen molar-refractivity contribution in [2.24, 2.45) is 0 Å². The third-order valence-corrected chi connectivity index (χ3v) is 2.74. The van der Waals surface area contributed by atoms with Crippen LogP contribution in [0.5, 0.6) is 11.5 Å². The van der Waals surface area contributed by atoms with Crippen molar-refractivity contribution in [3.05, 3.63) is 23.8 Å². The summed E-state index contributed by atoms with van der Waals surface area (Å²) in [4.78, 5) is 0. The lowest BCUT2D eigenvalue weighted by Gasteiger charge is -2.13. The molecule has 1 saturated heterocycles. The van der Waals surface area contributed by atoms with Crippen LogP contribution in [0.4, 0.5) is 0 Å². The molecule has 1 aromatic carbocycles. The van der Waals surface area contributed by atoms with E-state index in [1.54, 1.807) is 14.2 Å². The number of hydrogen-bond acceptors (Lipinski definition) is 4. The molecular formula is C12H17NO3. The Bertz CT molecular complexity index is 367. The van der Waals surface area contributed by atoms with E-state index in [4.69, 9.17) is 14.2 Å². The van der Waals surface area contributed by atoms with E-state index in [0.717, 1.165) is 23.6 Å². The van der Waals surface area contributed by atoms with Gasteiger partial charge in [-0.15, -0.1) is 0 Å². The van der Waals surface area contributed by atoms with E-state index in [9.17, 15) is 0 Å². The Balaban J connectivity index is 2.22. The van der Waals surface area contributed by atoms with Gasteiger partial charge in [0, 0.05) is 6.54 Å². The Morgan fingerprint density at radius 3 is 2.56 bits per heavy atom. The van der Waals surface area contributed by atoms with Gasteiger partial charge in [0.2, 0.25) is 0 Å². The summed E-state index contributed by atoms with van der Waals surface area (Å²) in [6.07, 6.45) is 0.202. The van der Waals surface area contributed by atoms with E-state index < -0.39 is 0 Å². The van der Waals surface area contributed by atoms with Crippen LogP contribution in [0.15, 0.2) is 18.2 Å². The van der Waals surface area contributed by atoms with Crippen LogP contribution in [0.1, 0.15) is 18.6 Å². The zero-order chi connectivity index (χ0) is 11.5. The van der Waals surface area contributed by atoms with Gasteiger partial charge in [0.05, 0.1) is 20.3 Å². The van der Waals surface area contributed by atoms with E-state index in [2.05, 4.69) is 5.32 Å². The standard InChI is InChI=1S/C12H17NO3/c1-8-13-7-12(16-8)9-4-5-10(14-2)11(6-9)15-3/h4-6,8,12-13H,7H2,1-3H3. The number of hydrogen-bond donors (Lipinski definition) is 1. The van der Waals surface area contributed by atoms with E-state index >= 15 is 0 Å². The maximum Gasteiger partial charge on any atom is 0.161 e. The highest BCUT2D eigenvalue weighted by Gasteiger charge is 2.23. The van der Waals surface area contributed by atoms with Crippen LogP contribution < -0.4 is 14.8 Å². The molecule has 0 spiro atoms. The fraction of sp³-hybridized carbons (Fsp3) is 0.500. The number of methoxy groups -OCH3 is 2. The lowest BCUT2D eigenvalue weighted by Crippen LogP contribution is -2.17. The number of ether oxygens (including phenoxy) is 3. The molecule has 1 aliphatic heterocycles. The molecule has 0 radical (unpaired) electrons. The molecular weight excluding hydrogens is 206 g/mol. The molecule has 1 aromatic rings. The number of nitrogens with one attached hydrogen (secondary N) is 1. The monoisotopic (exact) mass is 223 g/mol. The Hall–Kier alpha value is -1.26. The van der Waals surface area contributed by atoms with Crippen molar-refractivity contribution in [2.45, 2.75) is 19.3 Å². The Morgan fingerprint density at radius 2 is 2.00 bits per heavy atom. The molecule has 0 saturated carbocycles. The van der Waals surface area contributed by atoms with Crippen molar-refractivity contribution >= 4 is 0 Å². The molecule has 4 nitrogen and oxygen atoms in total. The molecule has 1 heterocycles. The van der Waals surface area contributed by atoms with Gasteiger partial charge in [-0.1, -0.05) is 6.07 Å². The van der Waals surface area contributed by atoms with E-state index in [1.807, 2.05) is 25.1 Å². The molecule has 0 aromatic heterocycles. The van der Waals surface area contributed by atoms with Gasteiger partial charge in [-0.05, 0) is 24.6 Å². The summed E-state index contributed by atoms with van der Waals surface area (Å²) in [7, 11) is 3.27. The molecule has 2 rings (SSSR count). The molecule has 88 valence electrons. The van der Waals surface area contributed by atoms with Crippen LogP contribution in [0.25, 0.3) is 0 Å². The van der Waals surface area contributed by atoms with E-state index in [-0.39, 0.29) is 12.3 Å². The first-order valence-corrected chi connectivity index (χ1v) is 5.35. The highest BCUT2D eigenvalue weighted by atomic mass is 16.5. The highest BCUT2D eigenvalue weighted by Crippen LogP contribution is 2.32. The second kappa shape index (κ2) is 4.72.